The number of nitrogens with one attached hydrogen (secondary N) is 1. The summed E-state index contributed by atoms with van der Waals surface area (Å²) in [5.41, 5.74) is 2.91. The molecule has 0 saturated heterocycles. The fraction of sp³-hybridized carbons (Fsp3) is 0.500. The van der Waals surface area contributed by atoms with E-state index >= 15 is 0 Å². The van der Waals surface area contributed by atoms with Gasteiger partial charge in [-0.3, -0.25) is 9.89 Å². The Bertz CT molecular complexity index is 319. The van der Waals surface area contributed by atoms with Gasteiger partial charge in [0.15, 0.2) is 5.78 Å². The molecule has 0 unspecified atom stereocenters. The Labute approximate surface area is 74.9 Å². The number of ketones is 1. The molecular formula is C8H10N2OS. The molecule has 0 spiro atoms. The Hall–Kier alpha value is -0.770. The number of carbonyl (C=O) groups excluding carboxylic acids is 1. The molecular weight excluding hydrogens is 172 g/mol. The first-order valence-electron chi connectivity index (χ1n) is 3.94. The van der Waals surface area contributed by atoms with Crippen molar-refractivity contribution in [3.8, 4) is 0 Å². The number of aryl methyl sites for hydroxylation is 1. The number of rotatable bonds is 1. The summed E-state index contributed by atoms with van der Waals surface area (Å²) in [6.45, 7) is 1.57. The van der Waals surface area contributed by atoms with Crippen molar-refractivity contribution in [2.75, 3.05) is 5.75 Å². The Kier molecular flexibility index (Phi) is 1.92. The van der Waals surface area contributed by atoms with Crippen molar-refractivity contribution in [2.24, 2.45) is 0 Å². The van der Waals surface area contributed by atoms with Gasteiger partial charge in [-0.05, 0) is 12.2 Å². The number of H-pyrrole nitrogens is 1. The number of fused-ring (bicyclic) bond motifs is 1. The molecule has 64 valence electrons. The number of aromatic amines is 1. The molecule has 12 heavy (non-hydrogen) atoms. The van der Waals surface area contributed by atoms with E-state index in [1.165, 1.54) is 0 Å². The third-order valence-corrected chi connectivity index (χ3v) is 3.01. The largest absolute Gasteiger partial charge is 0.293 e. The lowest BCUT2D eigenvalue weighted by molar-refractivity contribution is 0.101. The molecule has 0 saturated carbocycles. The molecule has 0 atom stereocenters. The molecule has 1 aliphatic rings. The van der Waals surface area contributed by atoms with Gasteiger partial charge in [0.25, 0.3) is 0 Å². The molecule has 4 heteroatoms. The van der Waals surface area contributed by atoms with E-state index in [2.05, 4.69) is 10.2 Å². The Morgan fingerprint density at radius 3 is 3.25 bits per heavy atom. The third kappa shape index (κ3) is 1.16. The first-order valence-corrected chi connectivity index (χ1v) is 5.09. The Morgan fingerprint density at radius 2 is 2.50 bits per heavy atom. The van der Waals surface area contributed by atoms with Gasteiger partial charge < -0.3 is 0 Å². The van der Waals surface area contributed by atoms with Gasteiger partial charge in [0.05, 0.1) is 0 Å². The number of hydrogen-bond donors (Lipinski definition) is 1. The summed E-state index contributed by atoms with van der Waals surface area (Å²) in [6, 6.07) is 0. The summed E-state index contributed by atoms with van der Waals surface area (Å²) < 4.78 is 0. The molecule has 0 fully saturated rings. The van der Waals surface area contributed by atoms with Crippen molar-refractivity contribution in [3.05, 3.63) is 17.0 Å². The van der Waals surface area contributed by atoms with E-state index in [9.17, 15) is 4.79 Å². The van der Waals surface area contributed by atoms with E-state index < -0.39 is 0 Å². The second kappa shape index (κ2) is 2.94. The maximum atomic E-state index is 11.1. The molecule has 0 aromatic carbocycles. The van der Waals surface area contributed by atoms with Crippen molar-refractivity contribution in [2.45, 2.75) is 19.1 Å². The maximum Gasteiger partial charge on any atom is 0.180 e. The normalized spacial score (nSPS) is 15.8. The summed E-state index contributed by atoms with van der Waals surface area (Å²) in [6.07, 6.45) is 1.01. The Morgan fingerprint density at radius 1 is 1.67 bits per heavy atom. The van der Waals surface area contributed by atoms with Gasteiger partial charge in [-0.15, -0.1) is 0 Å². The zero-order valence-electron chi connectivity index (χ0n) is 6.89. The number of nitrogens with zero attached hydrogens (tertiary/aromatic N) is 1. The van der Waals surface area contributed by atoms with Crippen molar-refractivity contribution in [1.29, 1.82) is 0 Å². The molecule has 1 aliphatic heterocycles. The number of thioether (sulfide) groups is 1. The lowest BCUT2D eigenvalue weighted by Gasteiger charge is -2.09. The van der Waals surface area contributed by atoms with Crippen molar-refractivity contribution in [1.82, 2.24) is 10.2 Å². The van der Waals surface area contributed by atoms with E-state index in [0.29, 0.717) is 5.69 Å². The summed E-state index contributed by atoms with van der Waals surface area (Å²) >= 11 is 1.86. The van der Waals surface area contributed by atoms with Gasteiger partial charge in [0.1, 0.15) is 5.69 Å². The number of aromatic nitrogens is 2. The van der Waals surface area contributed by atoms with Gasteiger partial charge >= 0.3 is 0 Å². The Balaban J connectivity index is 2.44. The van der Waals surface area contributed by atoms with E-state index in [1.807, 2.05) is 11.8 Å². The van der Waals surface area contributed by atoms with Crippen LogP contribution in [0.5, 0.6) is 0 Å². The molecule has 0 aliphatic carbocycles. The first kappa shape index (κ1) is 7.86. The van der Waals surface area contributed by atoms with E-state index in [-0.39, 0.29) is 5.78 Å². The minimum atomic E-state index is 0.0648. The fourth-order valence-electron chi connectivity index (χ4n) is 1.40. The molecule has 0 radical (unpaired) electrons. The fourth-order valence-corrected chi connectivity index (χ4v) is 2.41. The van der Waals surface area contributed by atoms with Crippen LogP contribution in [0.25, 0.3) is 0 Å². The summed E-state index contributed by atoms with van der Waals surface area (Å²) in [4.78, 5) is 11.1. The number of hydrogen-bond acceptors (Lipinski definition) is 3. The first-order chi connectivity index (χ1) is 5.79. The van der Waals surface area contributed by atoms with Crippen LogP contribution in [0, 0.1) is 0 Å². The highest BCUT2D eigenvalue weighted by atomic mass is 32.2. The van der Waals surface area contributed by atoms with Crippen LogP contribution in [0.2, 0.25) is 0 Å². The third-order valence-electron chi connectivity index (χ3n) is 2.03. The standard InChI is InChI=1S/C8H10N2OS/c1-5(11)8-6-4-12-3-2-7(6)9-10-8/h2-4H2,1H3,(H,9,10). The second-order valence-electron chi connectivity index (χ2n) is 2.89. The SMILES string of the molecule is CC(=O)c1n[nH]c2c1CSCC2. The minimum Gasteiger partial charge on any atom is -0.293 e. The van der Waals surface area contributed by atoms with E-state index in [4.69, 9.17) is 0 Å². The molecule has 1 N–H and O–H groups in total. The van der Waals surface area contributed by atoms with Gasteiger partial charge in [-0.2, -0.15) is 16.9 Å². The number of Topliss-reactive ketones (excluding diaryl/α,β-unsaturated/α-hetero) is 1. The molecule has 2 rings (SSSR count). The summed E-state index contributed by atoms with van der Waals surface area (Å²) in [7, 11) is 0. The molecule has 0 bridgehead atoms. The number of carbonyl (C=O) groups is 1. The zero-order valence-corrected chi connectivity index (χ0v) is 7.70. The van der Waals surface area contributed by atoms with Crippen molar-refractivity contribution < 1.29 is 4.79 Å². The predicted octanol–water partition coefficient (Wildman–Crippen LogP) is 1.40. The van der Waals surface area contributed by atoms with E-state index in [1.54, 1.807) is 6.92 Å². The topological polar surface area (TPSA) is 45.8 Å². The van der Waals surface area contributed by atoms with E-state index in [0.717, 1.165) is 29.2 Å². The average Bonchev–Trinajstić information content (AvgIpc) is 2.47. The lowest BCUT2D eigenvalue weighted by Crippen LogP contribution is -2.04. The highest BCUT2D eigenvalue weighted by molar-refractivity contribution is 7.98. The molecule has 2 heterocycles. The molecule has 0 amide bonds. The molecule has 3 nitrogen and oxygen atoms in total. The predicted molar refractivity (Wildman–Crippen MR) is 48.5 cm³/mol. The van der Waals surface area contributed by atoms with Gasteiger partial charge in [0, 0.05) is 23.9 Å². The van der Waals surface area contributed by atoms with Gasteiger partial charge in [-0.25, -0.2) is 0 Å². The van der Waals surface area contributed by atoms with Crippen LogP contribution in [0.4, 0.5) is 0 Å². The monoisotopic (exact) mass is 182 g/mol. The average molecular weight is 182 g/mol. The van der Waals surface area contributed by atoms with Crippen LogP contribution in [0.15, 0.2) is 0 Å². The van der Waals surface area contributed by atoms with Gasteiger partial charge in [0.2, 0.25) is 0 Å². The van der Waals surface area contributed by atoms with Crippen LogP contribution in [0.1, 0.15) is 28.7 Å². The smallest absolute Gasteiger partial charge is 0.180 e. The van der Waals surface area contributed by atoms with Crippen LogP contribution < -0.4 is 0 Å². The molecule has 1 aromatic rings. The zero-order chi connectivity index (χ0) is 8.55. The maximum absolute atomic E-state index is 11.1. The van der Waals surface area contributed by atoms with Crippen molar-refractivity contribution >= 4 is 17.5 Å². The van der Waals surface area contributed by atoms with Crippen molar-refractivity contribution in [3.63, 3.8) is 0 Å². The van der Waals surface area contributed by atoms with Crippen LogP contribution in [-0.2, 0) is 12.2 Å². The summed E-state index contributed by atoms with van der Waals surface area (Å²) in [5.74, 6) is 2.13. The quantitative estimate of drug-likeness (QED) is 0.668. The lowest BCUT2D eigenvalue weighted by atomic mass is 10.1. The van der Waals surface area contributed by atoms with Crippen LogP contribution in [-0.4, -0.2) is 21.7 Å². The minimum absolute atomic E-state index is 0.0648. The second-order valence-corrected chi connectivity index (χ2v) is 3.99. The summed E-state index contributed by atoms with van der Waals surface area (Å²) in [5, 5.41) is 6.93. The van der Waals surface area contributed by atoms with Crippen LogP contribution in [0.3, 0.4) is 0 Å². The molecule has 1 aromatic heterocycles. The van der Waals surface area contributed by atoms with Crippen LogP contribution >= 0.6 is 11.8 Å². The highest BCUT2D eigenvalue weighted by Gasteiger charge is 2.18. The van der Waals surface area contributed by atoms with Gasteiger partial charge in [-0.1, -0.05) is 0 Å². The highest BCUT2D eigenvalue weighted by Crippen LogP contribution is 2.25.